The standard InChI is InChI=1S/C23H27BrN4O3S.C2HF3O2/c1-3-13-28(14-4-2)23(29)18-5-10-22(27-15-11-25-12-16-27)21(17-18)26-32(30,31)20-8-6-19(24)7-9-20;3-2(4,5)1(6)7/h3-10,17,25-26H,1-2,11-16H2;(H,6,7). The first-order valence-electron chi connectivity index (χ1n) is 11.5. The van der Waals surface area contributed by atoms with Crippen molar-refractivity contribution in [2.45, 2.75) is 11.1 Å². The third kappa shape index (κ3) is 9.41. The number of carboxylic acid groups (broad SMARTS) is 1. The summed E-state index contributed by atoms with van der Waals surface area (Å²) in [6, 6.07) is 11.6. The van der Waals surface area contributed by atoms with Crippen LogP contribution in [-0.4, -0.2) is 75.7 Å². The average Bonchev–Trinajstić information content (AvgIpc) is 2.88. The first-order valence-corrected chi connectivity index (χ1v) is 13.8. The summed E-state index contributed by atoms with van der Waals surface area (Å²) in [6.45, 7) is 11.2. The lowest BCUT2D eigenvalue weighted by Gasteiger charge is -2.31. The Hall–Kier alpha value is -3.36. The lowest BCUT2D eigenvalue weighted by molar-refractivity contribution is -0.192. The van der Waals surface area contributed by atoms with Crippen LogP contribution in [0.5, 0.6) is 0 Å². The maximum atomic E-state index is 13.1. The van der Waals surface area contributed by atoms with Crippen LogP contribution in [0.25, 0.3) is 0 Å². The third-order valence-corrected chi connectivity index (χ3v) is 7.21. The van der Waals surface area contributed by atoms with Gasteiger partial charge < -0.3 is 20.2 Å². The Morgan fingerprint density at radius 3 is 2.10 bits per heavy atom. The van der Waals surface area contributed by atoms with Gasteiger partial charge in [0.15, 0.2) is 0 Å². The minimum atomic E-state index is -5.08. The Balaban J connectivity index is 0.000000673. The van der Waals surface area contributed by atoms with Crippen molar-refractivity contribution in [1.82, 2.24) is 10.2 Å². The number of nitrogens with one attached hydrogen (secondary N) is 2. The SMILES string of the molecule is C=CCN(CC=C)C(=O)c1ccc(N2CCNCC2)c(NS(=O)(=O)c2ccc(Br)cc2)c1.O=C(O)C(F)(F)F. The molecule has 1 amide bonds. The molecule has 14 heteroatoms. The molecule has 0 radical (unpaired) electrons. The topological polar surface area (TPSA) is 119 Å². The zero-order chi connectivity index (χ0) is 29.2. The Labute approximate surface area is 233 Å². The van der Waals surface area contributed by atoms with Gasteiger partial charge >= 0.3 is 12.1 Å². The van der Waals surface area contributed by atoms with Crippen LogP contribution in [0.2, 0.25) is 0 Å². The highest BCUT2D eigenvalue weighted by molar-refractivity contribution is 9.10. The molecule has 1 fully saturated rings. The molecule has 0 unspecified atom stereocenters. The summed E-state index contributed by atoms with van der Waals surface area (Å²) < 4.78 is 61.4. The molecule has 1 saturated heterocycles. The number of hydrogen-bond donors (Lipinski definition) is 3. The van der Waals surface area contributed by atoms with Gasteiger partial charge in [0.1, 0.15) is 0 Å². The second-order valence-corrected chi connectivity index (χ2v) is 10.7. The lowest BCUT2D eigenvalue weighted by atomic mass is 10.1. The van der Waals surface area contributed by atoms with Crippen LogP contribution in [-0.2, 0) is 14.8 Å². The van der Waals surface area contributed by atoms with E-state index in [2.05, 4.69) is 44.0 Å². The van der Waals surface area contributed by atoms with Crippen molar-refractivity contribution in [3.63, 3.8) is 0 Å². The summed E-state index contributed by atoms with van der Waals surface area (Å²) in [7, 11) is -3.84. The number of hydrogen-bond acceptors (Lipinski definition) is 6. The molecule has 39 heavy (non-hydrogen) atoms. The molecule has 1 aliphatic rings. The number of halogens is 4. The van der Waals surface area contributed by atoms with Gasteiger partial charge in [-0.2, -0.15) is 13.2 Å². The van der Waals surface area contributed by atoms with Gasteiger partial charge in [-0.1, -0.05) is 28.1 Å². The van der Waals surface area contributed by atoms with Gasteiger partial charge in [0.2, 0.25) is 0 Å². The maximum Gasteiger partial charge on any atom is 0.490 e. The van der Waals surface area contributed by atoms with Gasteiger partial charge in [-0.05, 0) is 42.5 Å². The Bertz CT molecular complexity index is 1270. The number of anilines is 2. The summed E-state index contributed by atoms with van der Waals surface area (Å²) in [5, 5.41) is 10.4. The fourth-order valence-electron chi connectivity index (χ4n) is 3.48. The highest BCUT2D eigenvalue weighted by atomic mass is 79.9. The van der Waals surface area contributed by atoms with Crippen molar-refractivity contribution >= 4 is 49.2 Å². The van der Waals surface area contributed by atoms with Gasteiger partial charge in [0.05, 0.1) is 16.3 Å². The van der Waals surface area contributed by atoms with Crippen molar-refractivity contribution in [1.29, 1.82) is 0 Å². The summed E-state index contributed by atoms with van der Waals surface area (Å²) in [4.78, 5) is 25.8. The number of rotatable bonds is 9. The van der Waals surface area contributed by atoms with E-state index in [0.717, 1.165) is 36.3 Å². The zero-order valence-corrected chi connectivity index (χ0v) is 23.2. The number of amides is 1. The second kappa shape index (κ2) is 14.1. The van der Waals surface area contributed by atoms with E-state index in [1.54, 1.807) is 47.4 Å². The quantitative estimate of drug-likeness (QED) is 0.356. The van der Waals surface area contributed by atoms with Crippen LogP contribution in [0.4, 0.5) is 24.5 Å². The predicted molar refractivity (Wildman–Crippen MR) is 146 cm³/mol. The molecule has 0 aromatic heterocycles. The van der Waals surface area contributed by atoms with Crippen LogP contribution in [0.3, 0.4) is 0 Å². The number of carboxylic acids is 1. The summed E-state index contributed by atoms with van der Waals surface area (Å²) in [5.41, 5.74) is 1.50. The number of aliphatic carboxylic acids is 1. The number of nitrogens with zero attached hydrogens (tertiary/aromatic N) is 2. The molecule has 0 atom stereocenters. The molecule has 0 bridgehead atoms. The second-order valence-electron chi connectivity index (χ2n) is 8.12. The van der Waals surface area contributed by atoms with Crippen molar-refractivity contribution in [2.75, 3.05) is 48.9 Å². The van der Waals surface area contributed by atoms with E-state index in [4.69, 9.17) is 9.90 Å². The van der Waals surface area contributed by atoms with Crippen LogP contribution >= 0.6 is 15.9 Å². The molecule has 3 rings (SSSR count). The van der Waals surface area contributed by atoms with Crippen molar-refractivity contribution in [3.8, 4) is 0 Å². The lowest BCUT2D eigenvalue weighted by Crippen LogP contribution is -2.43. The highest BCUT2D eigenvalue weighted by Gasteiger charge is 2.38. The highest BCUT2D eigenvalue weighted by Crippen LogP contribution is 2.30. The zero-order valence-electron chi connectivity index (χ0n) is 20.7. The molecule has 0 saturated carbocycles. The Kier molecular flexibility index (Phi) is 11.6. The van der Waals surface area contributed by atoms with Crippen LogP contribution in [0, 0.1) is 0 Å². The molecular weight excluding hydrogens is 605 g/mol. The first kappa shape index (κ1) is 31.9. The van der Waals surface area contributed by atoms with Gasteiger partial charge in [-0.25, -0.2) is 13.2 Å². The molecule has 0 aliphatic carbocycles. The summed E-state index contributed by atoms with van der Waals surface area (Å²) >= 11 is 3.32. The molecule has 2 aromatic carbocycles. The Morgan fingerprint density at radius 1 is 1.08 bits per heavy atom. The number of piperazine rings is 1. The molecule has 2 aromatic rings. The van der Waals surface area contributed by atoms with Crippen LogP contribution in [0.1, 0.15) is 10.4 Å². The van der Waals surface area contributed by atoms with E-state index in [0.29, 0.717) is 24.3 Å². The average molecular weight is 633 g/mol. The monoisotopic (exact) mass is 632 g/mol. The van der Waals surface area contributed by atoms with E-state index in [-0.39, 0.29) is 10.8 Å². The van der Waals surface area contributed by atoms with Crippen LogP contribution in [0.15, 0.2) is 77.1 Å². The predicted octanol–water partition coefficient (Wildman–Crippen LogP) is 4.11. The number of alkyl halides is 3. The fraction of sp³-hybridized carbons (Fsp3) is 0.280. The van der Waals surface area contributed by atoms with Gasteiger partial charge in [0, 0.05) is 49.3 Å². The molecule has 0 spiro atoms. The molecule has 9 nitrogen and oxygen atoms in total. The van der Waals surface area contributed by atoms with Crippen molar-refractivity contribution in [3.05, 3.63) is 77.8 Å². The Morgan fingerprint density at radius 2 is 1.62 bits per heavy atom. The van der Waals surface area contributed by atoms with Crippen molar-refractivity contribution < 1.29 is 36.3 Å². The van der Waals surface area contributed by atoms with Crippen molar-refractivity contribution in [2.24, 2.45) is 0 Å². The number of sulfonamides is 1. The number of benzene rings is 2. The van der Waals surface area contributed by atoms with Gasteiger partial charge in [-0.15, -0.1) is 13.2 Å². The molecule has 1 heterocycles. The van der Waals surface area contributed by atoms with E-state index in [1.165, 1.54) is 12.1 Å². The maximum absolute atomic E-state index is 13.1. The minimum Gasteiger partial charge on any atom is -0.475 e. The first-order chi connectivity index (χ1) is 18.3. The van der Waals surface area contributed by atoms with Crippen LogP contribution < -0.4 is 14.9 Å². The normalized spacial score (nSPS) is 13.5. The van der Waals surface area contributed by atoms with E-state index < -0.39 is 22.2 Å². The molecular formula is C25H28BrF3N4O5S. The number of carbonyl (C=O) groups excluding carboxylic acids is 1. The van der Waals surface area contributed by atoms with E-state index >= 15 is 0 Å². The smallest absolute Gasteiger partial charge is 0.475 e. The summed E-state index contributed by atoms with van der Waals surface area (Å²) in [6.07, 6.45) is -1.79. The van der Waals surface area contributed by atoms with Gasteiger partial charge in [0.25, 0.3) is 15.9 Å². The number of carbonyl (C=O) groups is 2. The molecule has 1 aliphatic heterocycles. The van der Waals surface area contributed by atoms with E-state index in [1.807, 2.05) is 0 Å². The summed E-state index contributed by atoms with van der Waals surface area (Å²) in [5.74, 6) is -2.98. The minimum absolute atomic E-state index is 0.142. The van der Waals surface area contributed by atoms with E-state index in [9.17, 15) is 26.4 Å². The molecule has 3 N–H and O–H groups in total. The fourth-order valence-corrected chi connectivity index (χ4v) is 4.81. The van der Waals surface area contributed by atoms with Gasteiger partial charge in [-0.3, -0.25) is 9.52 Å². The largest absolute Gasteiger partial charge is 0.490 e. The third-order valence-electron chi connectivity index (χ3n) is 5.30. The molecule has 212 valence electrons.